The van der Waals surface area contributed by atoms with Gasteiger partial charge >= 0.3 is 0 Å². The highest BCUT2D eigenvalue weighted by atomic mass is 16.3. The first kappa shape index (κ1) is 11.9. The molecule has 0 saturated carbocycles. The summed E-state index contributed by atoms with van der Waals surface area (Å²) in [6.45, 7) is 0.716. The third-order valence-corrected chi connectivity index (χ3v) is 3.53. The molecule has 2 aromatic carbocycles. The zero-order valence-corrected chi connectivity index (χ0v) is 11.3. The number of hydrogen-bond donors (Lipinski definition) is 1. The summed E-state index contributed by atoms with van der Waals surface area (Å²) in [5, 5.41) is 4.56. The molecule has 0 amide bonds. The average Bonchev–Trinajstić information content (AvgIpc) is 3.00. The van der Waals surface area contributed by atoms with Crippen molar-refractivity contribution in [3.63, 3.8) is 0 Å². The highest BCUT2D eigenvalue weighted by Gasteiger charge is 2.03. The van der Waals surface area contributed by atoms with Crippen LogP contribution in [0.25, 0.3) is 22.0 Å². The van der Waals surface area contributed by atoms with E-state index in [0.29, 0.717) is 6.54 Å². The second kappa shape index (κ2) is 4.90. The number of pyridine rings is 1. The van der Waals surface area contributed by atoms with Gasteiger partial charge in [-0.3, -0.25) is 4.98 Å². The van der Waals surface area contributed by atoms with E-state index in [4.69, 9.17) is 4.42 Å². The molecule has 102 valence electrons. The van der Waals surface area contributed by atoms with Crippen LogP contribution in [0.5, 0.6) is 0 Å². The Labute approximate surface area is 121 Å². The quantitative estimate of drug-likeness (QED) is 0.614. The van der Waals surface area contributed by atoms with Gasteiger partial charge in [0.25, 0.3) is 0 Å². The lowest BCUT2D eigenvalue weighted by atomic mass is 10.1. The van der Waals surface area contributed by atoms with Crippen LogP contribution in [-0.4, -0.2) is 9.97 Å². The third kappa shape index (κ3) is 2.21. The van der Waals surface area contributed by atoms with Crippen molar-refractivity contribution in [1.29, 1.82) is 0 Å². The van der Waals surface area contributed by atoms with E-state index in [1.165, 1.54) is 12.0 Å². The maximum absolute atomic E-state index is 5.32. The Morgan fingerprint density at radius 3 is 2.95 bits per heavy atom. The molecule has 0 unspecified atom stereocenters. The lowest BCUT2D eigenvalue weighted by Crippen LogP contribution is -2.00. The lowest BCUT2D eigenvalue weighted by molar-refractivity contribution is 0.602. The van der Waals surface area contributed by atoms with Crippen molar-refractivity contribution in [2.75, 3.05) is 5.32 Å². The summed E-state index contributed by atoms with van der Waals surface area (Å²) >= 11 is 0. The van der Waals surface area contributed by atoms with E-state index in [9.17, 15) is 0 Å². The van der Waals surface area contributed by atoms with E-state index in [-0.39, 0.29) is 0 Å². The predicted molar refractivity (Wildman–Crippen MR) is 83.1 cm³/mol. The van der Waals surface area contributed by atoms with Crippen molar-refractivity contribution >= 4 is 27.7 Å². The highest BCUT2D eigenvalue weighted by molar-refractivity contribution is 5.82. The van der Waals surface area contributed by atoms with Crippen LogP contribution in [0.4, 0.5) is 5.69 Å². The van der Waals surface area contributed by atoms with Gasteiger partial charge in [-0.05, 0) is 23.8 Å². The van der Waals surface area contributed by atoms with Crippen LogP contribution >= 0.6 is 0 Å². The molecular weight excluding hydrogens is 262 g/mol. The van der Waals surface area contributed by atoms with Gasteiger partial charge in [0.1, 0.15) is 5.52 Å². The molecule has 2 heterocycles. The summed E-state index contributed by atoms with van der Waals surface area (Å²) < 4.78 is 5.32. The van der Waals surface area contributed by atoms with E-state index in [0.717, 1.165) is 27.7 Å². The van der Waals surface area contributed by atoms with Gasteiger partial charge < -0.3 is 9.73 Å². The Bertz CT molecular complexity index is 909. The maximum Gasteiger partial charge on any atom is 0.181 e. The van der Waals surface area contributed by atoms with Crippen LogP contribution in [0.1, 0.15) is 5.56 Å². The van der Waals surface area contributed by atoms with E-state index in [1.807, 2.05) is 30.5 Å². The fraction of sp³-hybridized carbons (Fsp3) is 0.0588. The van der Waals surface area contributed by atoms with Crippen LogP contribution in [0.2, 0.25) is 0 Å². The molecule has 2 aromatic heterocycles. The highest BCUT2D eigenvalue weighted by Crippen LogP contribution is 2.20. The van der Waals surface area contributed by atoms with E-state index >= 15 is 0 Å². The summed E-state index contributed by atoms with van der Waals surface area (Å²) in [4.78, 5) is 8.58. The van der Waals surface area contributed by atoms with E-state index < -0.39 is 0 Å². The number of aromatic nitrogens is 2. The molecule has 0 radical (unpaired) electrons. The second-order valence-corrected chi connectivity index (χ2v) is 4.88. The van der Waals surface area contributed by atoms with Crippen molar-refractivity contribution in [1.82, 2.24) is 9.97 Å². The summed E-state index contributed by atoms with van der Waals surface area (Å²) in [5.41, 5.74) is 4.87. The molecular formula is C17H13N3O. The van der Waals surface area contributed by atoms with Crippen LogP contribution in [-0.2, 0) is 6.54 Å². The molecule has 4 nitrogen and oxygen atoms in total. The van der Waals surface area contributed by atoms with Crippen molar-refractivity contribution in [3.05, 3.63) is 66.7 Å². The van der Waals surface area contributed by atoms with Gasteiger partial charge in [0.15, 0.2) is 12.0 Å². The first-order valence-corrected chi connectivity index (χ1v) is 6.80. The standard InChI is InChI=1S/C17H13N3O/c1-3-12-5-2-8-18-17(12)13(4-1)10-19-14-6-7-15-16(9-14)21-11-20-15/h1-9,11,19H,10H2. The zero-order valence-electron chi connectivity index (χ0n) is 11.3. The minimum absolute atomic E-state index is 0.716. The predicted octanol–water partition coefficient (Wildman–Crippen LogP) is 3.99. The van der Waals surface area contributed by atoms with Gasteiger partial charge in [0.05, 0.1) is 5.52 Å². The Balaban J connectivity index is 1.63. The first-order chi connectivity index (χ1) is 10.4. The van der Waals surface area contributed by atoms with Crippen LogP contribution in [0, 0.1) is 0 Å². The molecule has 0 aliphatic rings. The largest absolute Gasteiger partial charge is 0.443 e. The lowest BCUT2D eigenvalue weighted by Gasteiger charge is -2.08. The van der Waals surface area contributed by atoms with Gasteiger partial charge in [-0.15, -0.1) is 0 Å². The molecule has 21 heavy (non-hydrogen) atoms. The van der Waals surface area contributed by atoms with Gasteiger partial charge in [0.2, 0.25) is 0 Å². The number of nitrogens with one attached hydrogen (secondary N) is 1. The number of anilines is 1. The molecule has 0 saturated heterocycles. The number of benzene rings is 2. The van der Waals surface area contributed by atoms with Gasteiger partial charge in [0, 0.05) is 29.9 Å². The van der Waals surface area contributed by atoms with E-state index in [2.05, 4.69) is 39.6 Å². The minimum Gasteiger partial charge on any atom is -0.443 e. The Kier molecular flexibility index (Phi) is 2.78. The van der Waals surface area contributed by atoms with Gasteiger partial charge in [-0.2, -0.15) is 0 Å². The van der Waals surface area contributed by atoms with Gasteiger partial charge in [-0.1, -0.05) is 24.3 Å². The minimum atomic E-state index is 0.716. The maximum atomic E-state index is 5.32. The molecule has 0 fully saturated rings. The number of nitrogens with zero attached hydrogens (tertiary/aromatic N) is 2. The number of oxazole rings is 1. The van der Waals surface area contributed by atoms with Crippen molar-refractivity contribution in [2.24, 2.45) is 0 Å². The van der Waals surface area contributed by atoms with Crippen molar-refractivity contribution in [3.8, 4) is 0 Å². The van der Waals surface area contributed by atoms with Gasteiger partial charge in [-0.25, -0.2) is 4.98 Å². The number of hydrogen-bond acceptors (Lipinski definition) is 4. The summed E-state index contributed by atoms with van der Waals surface area (Å²) in [7, 11) is 0. The summed E-state index contributed by atoms with van der Waals surface area (Å²) in [5.74, 6) is 0. The Hall–Kier alpha value is -2.88. The summed E-state index contributed by atoms with van der Waals surface area (Å²) in [6.07, 6.45) is 3.29. The normalized spacial score (nSPS) is 11.0. The molecule has 0 aliphatic heterocycles. The molecule has 0 atom stereocenters. The fourth-order valence-corrected chi connectivity index (χ4v) is 2.47. The molecule has 0 aliphatic carbocycles. The topological polar surface area (TPSA) is 51.0 Å². The zero-order chi connectivity index (χ0) is 14.1. The van der Waals surface area contributed by atoms with Crippen LogP contribution < -0.4 is 5.32 Å². The first-order valence-electron chi connectivity index (χ1n) is 6.80. The van der Waals surface area contributed by atoms with E-state index in [1.54, 1.807) is 0 Å². The summed E-state index contributed by atoms with van der Waals surface area (Å²) in [6, 6.07) is 16.2. The molecule has 4 heteroatoms. The molecule has 1 N–H and O–H groups in total. The number of fused-ring (bicyclic) bond motifs is 2. The molecule has 4 rings (SSSR count). The Morgan fingerprint density at radius 1 is 1.00 bits per heavy atom. The third-order valence-electron chi connectivity index (χ3n) is 3.53. The van der Waals surface area contributed by atoms with Crippen molar-refractivity contribution in [2.45, 2.75) is 6.54 Å². The van der Waals surface area contributed by atoms with Crippen LogP contribution in [0.3, 0.4) is 0 Å². The average molecular weight is 275 g/mol. The molecule has 0 spiro atoms. The Morgan fingerprint density at radius 2 is 1.95 bits per heavy atom. The molecule has 4 aromatic rings. The SMILES string of the molecule is c1cnc2c(CNc3ccc4ncoc4c3)cccc2c1. The number of para-hydroxylation sites is 1. The second-order valence-electron chi connectivity index (χ2n) is 4.88. The number of rotatable bonds is 3. The monoisotopic (exact) mass is 275 g/mol. The molecule has 0 bridgehead atoms. The van der Waals surface area contributed by atoms with Crippen molar-refractivity contribution < 1.29 is 4.42 Å². The smallest absolute Gasteiger partial charge is 0.181 e. The van der Waals surface area contributed by atoms with Crippen LogP contribution in [0.15, 0.2) is 65.5 Å². The fourth-order valence-electron chi connectivity index (χ4n) is 2.47.